The van der Waals surface area contributed by atoms with Gasteiger partial charge in [0.25, 0.3) is 0 Å². The zero-order valence-corrected chi connectivity index (χ0v) is 18.9. The summed E-state index contributed by atoms with van der Waals surface area (Å²) >= 11 is 6.01. The van der Waals surface area contributed by atoms with Gasteiger partial charge in [-0.05, 0) is 30.0 Å². The Morgan fingerprint density at radius 1 is 1.25 bits per heavy atom. The summed E-state index contributed by atoms with van der Waals surface area (Å²) in [5.41, 5.74) is 2.61. The van der Waals surface area contributed by atoms with Gasteiger partial charge in [-0.25, -0.2) is 14.4 Å². The predicted octanol–water partition coefficient (Wildman–Crippen LogP) is 2.66. The standard InChI is InChI=1S/C23H29ClFN5O2/c1-15-12-19(31)21-20(15)22(28-14-27-21)29-8-10-30(11-9-29)23(32)18(13-26-7-6-25)16-2-4-17(24)5-3-16/h2-5,14-15,18-19,26,31H,6-13H2,1H3/t15-,18?,19-/m1/s1. The van der Waals surface area contributed by atoms with E-state index >= 15 is 0 Å². The number of aromatic nitrogens is 2. The minimum absolute atomic E-state index is 0.0232. The van der Waals surface area contributed by atoms with Crippen molar-refractivity contribution in [2.45, 2.75) is 31.3 Å². The van der Waals surface area contributed by atoms with Crippen LogP contribution in [0.15, 0.2) is 30.6 Å². The molecule has 172 valence electrons. The van der Waals surface area contributed by atoms with E-state index in [1.54, 1.807) is 12.1 Å². The molecule has 7 nitrogen and oxygen atoms in total. The molecule has 0 bridgehead atoms. The zero-order valence-electron chi connectivity index (χ0n) is 18.2. The van der Waals surface area contributed by atoms with Crippen LogP contribution in [0, 0.1) is 0 Å². The van der Waals surface area contributed by atoms with Gasteiger partial charge in [0.1, 0.15) is 18.8 Å². The number of hydrogen-bond donors (Lipinski definition) is 2. The number of fused-ring (bicyclic) bond motifs is 1. The molecular weight excluding hydrogens is 433 g/mol. The summed E-state index contributed by atoms with van der Waals surface area (Å²) in [4.78, 5) is 26.2. The molecule has 2 aromatic rings. The van der Waals surface area contributed by atoms with Crippen molar-refractivity contribution in [3.8, 4) is 0 Å². The topological polar surface area (TPSA) is 81.6 Å². The number of rotatable bonds is 7. The highest BCUT2D eigenvalue weighted by atomic mass is 35.5. The van der Waals surface area contributed by atoms with E-state index in [1.807, 2.05) is 17.0 Å². The Hall–Kier alpha value is -2.29. The summed E-state index contributed by atoms with van der Waals surface area (Å²) < 4.78 is 12.6. The van der Waals surface area contributed by atoms with Crippen molar-refractivity contribution in [1.29, 1.82) is 0 Å². The van der Waals surface area contributed by atoms with E-state index in [2.05, 4.69) is 27.1 Å². The van der Waals surface area contributed by atoms with Crippen LogP contribution < -0.4 is 10.2 Å². The van der Waals surface area contributed by atoms with Gasteiger partial charge >= 0.3 is 0 Å². The van der Waals surface area contributed by atoms with Crippen LogP contribution in [-0.4, -0.2) is 71.8 Å². The smallest absolute Gasteiger partial charge is 0.231 e. The van der Waals surface area contributed by atoms with Gasteiger partial charge in [0.2, 0.25) is 5.91 Å². The number of hydrogen-bond acceptors (Lipinski definition) is 6. The quantitative estimate of drug-likeness (QED) is 0.617. The van der Waals surface area contributed by atoms with Crippen molar-refractivity contribution in [3.05, 3.63) is 52.4 Å². The minimum atomic E-state index is -0.540. The molecule has 1 aliphatic heterocycles. The molecule has 2 N–H and O–H groups in total. The van der Waals surface area contributed by atoms with E-state index < -0.39 is 18.7 Å². The van der Waals surface area contributed by atoms with Crippen LogP contribution in [-0.2, 0) is 4.79 Å². The maximum atomic E-state index is 13.4. The number of nitrogens with one attached hydrogen (secondary N) is 1. The summed E-state index contributed by atoms with van der Waals surface area (Å²) in [5.74, 6) is 0.690. The fourth-order valence-corrected chi connectivity index (χ4v) is 4.80. The Morgan fingerprint density at radius 3 is 2.66 bits per heavy atom. The van der Waals surface area contributed by atoms with E-state index in [0.717, 1.165) is 22.6 Å². The summed E-state index contributed by atoms with van der Waals surface area (Å²) in [5, 5.41) is 13.9. The number of alkyl halides is 1. The zero-order chi connectivity index (χ0) is 22.7. The number of anilines is 1. The molecule has 1 saturated heterocycles. The summed E-state index contributed by atoms with van der Waals surface area (Å²) in [7, 11) is 0. The molecule has 2 aliphatic rings. The van der Waals surface area contributed by atoms with Crippen molar-refractivity contribution < 1.29 is 14.3 Å². The molecule has 1 aromatic carbocycles. The van der Waals surface area contributed by atoms with Crippen molar-refractivity contribution >= 4 is 23.3 Å². The van der Waals surface area contributed by atoms with Crippen LogP contribution in [0.25, 0.3) is 0 Å². The van der Waals surface area contributed by atoms with Gasteiger partial charge < -0.3 is 20.2 Å². The highest BCUT2D eigenvalue weighted by Gasteiger charge is 2.35. The Kier molecular flexibility index (Phi) is 7.23. The van der Waals surface area contributed by atoms with Crippen LogP contribution >= 0.6 is 11.6 Å². The molecule has 4 rings (SSSR count). The van der Waals surface area contributed by atoms with Crippen molar-refractivity contribution in [2.75, 3.05) is 50.8 Å². The molecule has 0 saturated carbocycles. The Balaban J connectivity index is 1.46. The van der Waals surface area contributed by atoms with Gasteiger partial charge in [-0.15, -0.1) is 0 Å². The predicted molar refractivity (Wildman–Crippen MR) is 122 cm³/mol. The number of carbonyl (C=O) groups is 1. The fraction of sp³-hybridized carbons (Fsp3) is 0.522. The third kappa shape index (κ3) is 4.72. The highest BCUT2D eigenvalue weighted by molar-refractivity contribution is 6.30. The monoisotopic (exact) mass is 461 g/mol. The molecule has 3 atom stereocenters. The van der Waals surface area contributed by atoms with E-state index in [-0.39, 0.29) is 18.4 Å². The average molecular weight is 462 g/mol. The lowest BCUT2D eigenvalue weighted by atomic mass is 9.97. The number of carbonyl (C=O) groups excluding carboxylic acids is 1. The van der Waals surface area contributed by atoms with Gasteiger partial charge in [0.05, 0.1) is 17.7 Å². The molecule has 1 amide bonds. The number of piperazine rings is 1. The third-order valence-electron chi connectivity index (χ3n) is 6.36. The third-order valence-corrected chi connectivity index (χ3v) is 6.61. The maximum Gasteiger partial charge on any atom is 0.231 e. The van der Waals surface area contributed by atoms with E-state index in [4.69, 9.17) is 11.6 Å². The lowest BCUT2D eigenvalue weighted by Gasteiger charge is -2.38. The number of benzene rings is 1. The van der Waals surface area contributed by atoms with Crippen LogP contribution in [0.4, 0.5) is 10.2 Å². The second-order valence-electron chi connectivity index (χ2n) is 8.46. The van der Waals surface area contributed by atoms with Gasteiger partial charge in [0.15, 0.2) is 0 Å². The molecule has 0 radical (unpaired) electrons. The lowest BCUT2D eigenvalue weighted by molar-refractivity contribution is -0.133. The van der Waals surface area contributed by atoms with Gasteiger partial charge in [0, 0.05) is 49.9 Å². The van der Waals surface area contributed by atoms with Gasteiger partial charge in [-0.1, -0.05) is 30.7 Å². The van der Waals surface area contributed by atoms with E-state index in [1.165, 1.54) is 6.33 Å². The van der Waals surface area contributed by atoms with Crippen molar-refractivity contribution in [2.24, 2.45) is 0 Å². The largest absolute Gasteiger partial charge is 0.387 e. The Labute approximate surface area is 192 Å². The molecule has 32 heavy (non-hydrogen) atoms. The van der Waals surface area contributed by atoms with Crippen LogP contribution in [0.3, 0.4) is 0 Å². The normalized spacial score (nSPS) is 21.5. The molecule has 1 unspecified atom stereocenters. The second-order valence-corrected chi connectivity index (χ2v) is 8.89. The Bertz CT molecular complexity index is 936. The minimum Gasteiger partial charge on any atom is -0.387 e. The summed E-state index contributed by atoms with van der Waals surface area (Å²) in [6.07, 6.45) is 1.63. The van der Waals surface area contributed by atoms with Gasteiger partial charge in [-0.2, -0.15) is 0 Å². The molecule has 1 aliphatic carbocycles. The number of amides is 1. The average Bonchev–Trinajstić information content (AvgIpc) is 3.11. The van der Waals surface area contributed by atoms with Crippen LogP contribution in [0.1, 0.15) is 48.1 Å². The fourth-order valence-electron chi connectivity index (χ4n) is 4.67. The van der Waals surface area contributed by atoms with Crippen LogP contribution in [0.5, 0.6) is 0 Å². The first-order valence-corrected chi connectivity index (χ1v) is 11.5. The molecule has 1 fully saturated rings. The first-order valence-electron chi connectivity index (χ1n) is 11.1. The van der Waals surface area contributed by atoms with Gasteiger partial charge in [-0.3, -0.25) is 4.79 Å². The SMILES string of the molecule is C[C@@H]1C[C@@H](O)c2ncnc(N3CCN(C(=O)C(CNCCF)c4ccc(Cl)cc4)CC3)c21. The maximum absolute atomic E-state index is 13.4. The second kappa shape index (κ2) is 10.1. The number of aliphatic hydroxyl groups excluding tert-OH is 1. The molecule has 9 heteroatoms. The molecule has 1 aromatic heterocycles. The summed E-state index contributed by atoms with van der Waals surface area (Å²) in [6.45, 7) is 4.66. The molecule has 2 heterocycles. The van der Waals surface area contributed by atoms with E-state index in [0.29, 0.717) is 44.2 Å². The molecule has 0 spiro atoms. The number of halogens is 2. The summed E-state index contributed by atoms with van der Waals surface area (Å²) in [6, 6.07) is 7.26. The first kappa shape index (κ1) is 22.9. The highest BCUT2D eigenvalue weighted by Crippen LogP contribution is 2.42. The van der Waals surface area contributed by atoms with Crippen molar-refractivity contribution in [1.82, 2.24) is 20.2 Å². The number of nitrogens with zero attached hydrogens (tertiary/aromatic N) is 4. The van der Waals surface area contributed by atoms with Crippen LogP contribution in [0.2, 0.25) is 5.02 Å². The van der Waals surface area contributed by atoms with Crippen molar-refractivity contribution in [3.63, 3.8) is 0 Å². The lowest BCUT2D eigenvalue weighted by Crippen LogP contribution is -2.51. The van der Waals surface area contributed by atoms with E-state index in [9.17, 15) is 14.3 Å². The number of aliphatic hydroxyl groups is 1. The Morgan fingerprint density at radius 2 is 1.97 bits per heavy atom. The molecular formula is C23H29ClFN5O2. The first-order chi connectivity index (χ1) is 15.5.